The van der Waals surface area contributed by atoms with Crippen molar-refractivity contribution >= 4 is 5.69 Å². The van der Waals surface area contributed by atoms with E-state index in [1.807, 2.05) is 26.1 Å². The van der Waals surface area contributed by atoms with Crippen molar-refractivity contribution in [2.45, 2.75) is 13.3 Å². The lowest BCUT2D eigenvalue weighted by molar-refractivity contribution is 0.548. The van der Waals surface area contributed by atoms with Crippen LogP contribution in [0, 0.1) is 18.7 Å². The zero-order chi connectivity index (χ0) is 11.5. The molecule has 0 saturated carbocycles. The van der Waals surface area contributed by atoms with Crippen LogP contribution in [0.15, 0.2) is 18.2 Å². The van der Waals surface area contributed by atoms with E-state index in [1.54, 1.807) is 6.07 Å². The van der Waals surface area contributed by atoms with Crippen LogP contribution >= 0.6 is 0 Å². The first kappa shape index (κ1) is 11.4. The normalized spacial score (nSPS) is 20.4. The lowest BCUT2D eigenvalue weighted by Crippen LogP contribution is -2.24. The Morgan fingerprint density at radius 2 is 2.31 bits per heavy atom. The van der Waals surface area contributed by atoms with E-state index in [-0.39, 0.29) is 5.82 Å². The standard InChI is InChI=1S/C13H19FN2/c1-10-3-4-12(14)13(7-10)16-6-5-11(9-16)8-15-2/h3-4,7,11,15H,5-6,8-9H2,1-2H3. The van der Waals surface area contributed by atoms with Crippen LogP contribution in [0.3, 0.4) is 0 Å². The minimum atomic E-state index is -0.101. The number of rotatable bonds is 3. The molecular weight excluding hydrogens is 203 g/mol. The molecule has 2 rings (SSSR count). The van der Waals surface area contributed by atoms with Gasteiger partial charge in [0.1, 0.15) is 5.82 Å². The predicted molar refractivity (Wildman–Crippen MR) is 65.4 cm³/mol. The van der Waals surface area contributed by atoms with Crippen molar-refractivity contribution in [1.29, 1.82) is 0 Å². The number of hydrogen-bond acceptors (Lipinski definition) is 2. The number of benzene rings is 1. The van der Waals surface area contributed by atoms with Gasteiger partial charge in [0.25, 0.3) is 0 Å². The Hall–Kier alpha value is -1.09. The molecule has 0 spiro atoms. The lowest BCUT2D eigenvalue weighted by atomic mass is 10.1. The molecule has 16 heavy (non-hydrogen) atoms. The summed E-state index contributed by atoms with van der Waals surface area (Å²) in [7, 11) is 1.97. The maximum Gasteiger partial charge on any atom is 0.146 e. The molecule has 1 atom stereocenters. The molecule has 0 radical (unpaired) electrons. The molecule has 1 aliphatic heterocycles. The highest BCUT2D eigenvalue weighted by atomic mass is 19.1. The minimum absolute atomic E-state index is 0.101. The molecule has 1 saturated heterocycles. The van der Waals surface area contributed by atoms with E-state index in [1.165, 1.54) is 0 Å². The van der Waals surface area contributed by atoms with E-state index in [2.05, 4.69) is 10.2 Å². The summed E-state index contributed by atoms with van der Waals surface area (Å²) in [6.45, 7) is 4.95. The molecule has 3 heteroatoms. The number of nitrogens with zero attached hydrogens (tertiary/aromatic N) is 1. The van der Waals surface area contributed by atoms with Crippen molar-refractivity contribution in [3.05, 3.63) is 29.6 Å². The molecular formula is C13H19FN2. The van der Waals surface area contributed by atoms with Gasteiger partial charge in [-0.2, -0.15) is 0 Å². The first-order valence-corrected chi connectivity index (χ1v) is 5.86. The molecule has 1 heterocycles. The Labute approximate surface area is 96.5 Å². The number of aryl methyl sites for hydroxylation is 1. The summed E-state index contributed by atoms with van der Waals surface area (Å²) in [5.74, 6) is 0.542. The zero-order valence-corrected chi connectivity index (χ0v) is 9.96. The second-order valence-corrected chi connectivity index (χ2v) is 4.61. The van der Waals surface area contributed by atoms with E-state index in [9.17, 15) is 4.39 Å². The summed E-state index contributed by atoms with van der Waals surface area (Å²) in [6, 6.07) is 5.33. The second kappa shape index (κ2) is 4.83. The summed E-state index contributed by atoms with van der Waals surface area (Å²) in [6.07, 6.45) is 1.15. The first-order valence-electron chi connectivity index (χ1n) is 5.86. The molecule has 0 bridgehead atoms. The Balaban J connectivity index is 2.11. The minimum Gasteiger partial charge on any atom is -0.369 e. The smallest absolute Gasteiger partial charge is 0.146 e. The first-order chi connectivity index (χ1) is 7.70. The van der Waals surface area contributed by atoms with E-state index < -0.39 is 0 Å². The van der Waals surface area contributed by atoms with E-state index in [4.69, 9.17) is 0 Å². The maximum absolute atomic E-state index is 13.7. The Bertz CT molecular complexity index is 365. The van der Waals surface area contributed by atoms with Crippen molar-refractivity contribution in [3.63, 3.8) is 0 Å². The van der Waals surface area contributed by atoms with Crippen molar-refractivity contribution in [1.82, 2.24) is 5.32 Å². The number of hydrogen-bond donors (Lipinski definition) is 1. The molecule has 1 aliphatic rings. The molecule has 88 valence electrons. The number of halogens is 1. The van der Waals surface area contributed by atoms with Gasteiger partial charge in [0.15, 0.2) is 0 Å². The Kier molecular flexibility index (Phi) is 3.44. The molecule has 1 N–H and O–H groups in total. The van der Waals surface area contributed by atoms with Crippen LogP contribution in [-0.2, 0) is 0 Å². The van der Waals surface area contributed by atoms with Crippen LogP contribution in [0.25, 0.3) is 0 Å². The molecule has 0 amide bonds. The largest absolute Gasteiger partial charge is 0.369 e. The van der Waals surface area contributed by atoms with Gasteiger partial charge in [0.2, 0.25) is 0 Å². The third kappa shape index (κ3) is 2.35. The molecule has 2 nitrogen and oxygen atoms in total. The SMILES string of the molecule is CNCC1CCN(c2cc(C)ccc2F)C1. The van der Waals surface area contributed by atoms with Gasteiger partial charge in [-0.15, -0.1) is 0 Å². The van der Waals surface area contributed by atoms with Crippen molar-refractivity contribution < 1.29 is 4.39 Å². The van der Waals surface area contributed by atoms with Crippen LogP contribution in [-0.4, -0.2) is 26.7 Å². The van der Waals surface area contributed by atoms with Crippen molar-refractivity contribution in [2.75, 3.05) is 31.6 Å². The Morgan fingerprint density at radius 1 is 1.50 bits per heavy atom. The van der Waals surface area contributed by atoms with Crippen LogP contribution < -0.4 is 10.2 Å². The second-order valence-electron chi connectivity index (χ2n) is 4.61. The van der Waals surface area contributed by atoms with Crippen LogP contribution in [0.1, 0.15) is 12.0 Å². The van der Waals surface area contributed by atoms with Gasteiger partial charge < -0.3 is 10.2 Å². The van der Waals surface area contributed by atoms with E-state index >= 15 is 0 Å². The zero-order valence-electron chi connectivity index (χ0n) is 9.96. The van der Waals surface area contributed by atoms with Gasteiger partial charge in [0.05, 0.1) is 5.69 Å². The third-order valence-electron chi connectivity index (χ3n) is 3.22. The van der Waals surface area contributed by atoms with E-state index in [0.717, 1.165) is 37.3 Å². The average Bonchev–Trinajstić information content (AvgIpc) is 2.71. The summed E-state index contributed by atoms with van der Waals surface area (Å²) in [5.41, 5.74) is 1.88. The fourth-order valence-corrected chi connectivity index (χ4v) is 2.37. The van der Waals surface area contributed by atoms with Gasteiger partial charge in [-0.3, -0.25) is 0 Å². The molecule has 0 aromatic heterocycles. The topological polar surface area (TPSA) is 15.3 Å². The predicted octanol–water partition coefficient (Wildman–Crippen LogP) is 2.18. The van der Waals surface area contributed by atoms with Crippen LogP contribution in [0.2, 0.25) is 0 Å². The fourth-order valence-electron chi connectivity index (χ4n) is 2.37. The molecule has 1 unspecified atom stereocenters. The van der Waals surface area contributed by atoms with Gasteiger partial charge in [-0.25, -0.2) is 4.39 Å². The Morgan fingerprint density at radius 3 is 3.06 bits per heavy atom. The van der Waals surface area contributed by atoms with Gasteiger partial charge in [-0.1, -0.05) is 6.07 Å². The van der Waals surface area contributed by atoms with E-state index in [0.29, 0.717) is 5.92 Å². The molecule has 1 aromatic carbocycles. The lowest BCUT2D eigenvalue weighted by Gasteiger charge is -2.19. The summed E-state index contributed by atoms with van der Waals surface area (Å²) >= 11 is 0. The highest BCUT2D eigenvalue weighted by molar-refractivity contribution is 5.50. The van der Waals surface area contributed by atoms with Gasteiger partial charge in [0, 0.05) is 13.1 Å². The highest BCUT2D eigenvalue weighted by Crippen LogP contribution is 2.26. The number of nitrogens with one attached hydrogen (secondary N) is 1. The quantitative estimate of drug-likeness (QED) is 0.843. The summed E-state index contributed by atoms with van der Waals surface area (Å²) < 4.78 is 13.7. The average molecular weight is 222 g/mol. The monoisotopic (exact) mass is 222 g/mol. The molecule has 1 fully saturated rings. The van der Waals surface area contributed by atoms with Gasteiger partial charge in [-0.05, 0) is 50.6 Å². The summed E-state index contributed by atoms with van der Waals surface area (Å²) in [5, 5.41) is 3.19. The van der Waals surface area contributed by atoms with Gasteiger partial charge >= 0.3 is 0 Å². The van der Waals surface area contributed by atoms with Crippen LogP contribution in [0.4, 0.5) is 10.1 Å². The molecule has 0 aliphatic carbocycles. The van der Waals surface area contributed by atoms with Crippen molar-refractivity contribution in [2.24, 2.45) is 5.92 Å². The summed E-state index contributed by atoms with van der Waals surface area (Å²) in [4.78, 5) is 2.16. The highest BCUT2D eigenvalue weighted by Gasteiger charge is 2.23. The fraction of sp³-hybridized carbons (Fsp3) is 0.538. The van der Waals surface area contributed by atoms with Crippen LogP contribution in [0.5, 0.6) is 0 Å². The molecule has 1 aromatic rings. The maximum atomic E-state index is 13.7. The third-order valence-corrected chi connectivity index (χ3v) is 3.22. The number of anilines is 1. The van der Waals surface area contributed by atoms with Crippen molar-refractivity contribution in [3.8, 4) is 0 Å².